The van der Waals surface area contributed by atoms with Gasteiger partial charge in [-0.25, -0.2) is 4.39 Å². The van der Waals surface area contributed by atoms with Crippen LogP contribution in [0.4, 0.5) is 4.39 Å². The van der Waals surface area contributed by atoms with Gasteiger partial charge < -0.3 is 24.5 Å². The molecule has 35 heavy (non-hydrogen) atoms. The summed E-state index contributed by atoms with van der Waals surface area (Å²) in [6.07, 6.45) is 0.738. The van der Waals surface area contributed by atoms with Gasteiger partial charge in [0, 0.05) is 26.2 Å². The van der Waals surface area contributed by atoms with E-state index in [4.69, 9.17) is 14.2 Å². The first-order valence-electron chi connectivity index (χ1n) is 11.8. The van der Waals surface area contributed by atoms with Crippen LogP contribution in [0.25, 0.3) is 22.0 Å². The molecule has 0 bridgehead atoms. The smallest absolute Gasteiger partial charge is 0.268 e. The summed E-state index contributed by atoms with van der Waals surface area (Å²) >= 11 is 0. The van der Waals surface area contributed by atoms with Gasteiger partial charge in [-0.15, -0.1) is 0 Å². The van der Waals surface area contributed by atoms with Crippen LogP contribution in [-0.2, 0) is 4.74 Å². The second-order valence-electron chi connectivity index (χ2n) is 8.29. The van der Waals surface area contributed by atoms with Crippen LogP contribution in [0.3, 0.4) is 0 Å². The first-order valence-corrected chi connectivity index (χ1v) is 11.8. The minimum atomic E-state index is -0.681. The Morgan fingerprint density at radius 3 is 2.60 bits per heavy atom. The number of hydrogen-bond donors (Lipinski definition) is 2. The fourth-order valence-corrected chi connectivity index (χ4v) is 4.11. The van der Waals surface area contributed by atoms with Crippen LogP contribution in [0.2, 0.25) is 0 Å². The average Bonchev–Trinajstić information content (AvgIpc) is 2.88. The highest BCUT2D eigenvalue weighted by Gasteiger charge is 2.23. The number of H-pyrrole nitrogens is 1. The lowest BCUT2D eigenvalue weighted by atomic mass is 9.99. The normalized spacial score (nSPS) is 14.1. The van der Waals surface area contributed by atoms with Crippen LogP contribution in [0.15, 0.2) is 41.2 Å². The van der Waals surface area contributed by atoms with Gasteiger partial charge in [0.25, 0.3) is 5.91 Å². The number of methoxy groups -OCH3 is 1. The van der Waals surface area contributed by atoms with E-state index < -0.39 is 17.2 Å². The summed E-state index contributed by atoms with van der Waals surface area (Å²) in [5.74, 6) is -0.208. The van der Waals surface area contributed by atoms with E-state index in [9.17, 15) is 14.0 Å². The fraction of sp³-hybridized carbons (Fsp3) is 0.385. The number of nitrogens with one attached hydrogen (secondary N) is 2. The zero-order valence-electron chi connectivity index (χ0n) is 20.0. The molecule has 0 spiro atoms. The van der Waals surface area contributed by atoms with E-state index in [1.54, 1.807) is 31.4 Å². The monoisotopic (exact) mass is 483 g/mol. The number of aromatic nitrogens is 1. The number of carbonyl (C=O) groups excluding carboxylic acids is 1. The molecule has 2 aromatic carbocycles. The Morgan fingerprint density at radius 1 is 1.17 bits per heavy atom. The van der Waals surface area contributed by atoms with Gasteiger partial charge >= 0.3 is 0 Å². The molecule has 1 aromatic heterocycles. The Hall–Kier alpha value is -3.43. The minimum absolute atomic E-state index is 0.0570. The van der Waals surface area contributed by atoms with E-state index in [0.717, 1.165) is 19.5 Å². The van der Waals surface area contributed by atoms with Gasteiger partial charge in [0.15, 0.2) is 0 Å². The molecule has 0 unspecified atom stereocenters. The zero-order chi connectivity index (χ0) is 24.8. The Labute approximate surface area is 203 Å². The molecule has 186 valence electrons. The maximum Gasteiger partial charge on any atom is 0.268 e. The predicted octanol–water partition coefficient (Wildman–Crippen LogP) is 3.19. The lowest BCUT2D eigenvalue weighted by Crippen LogP contribution is -2.41. The molecule has 1 aliphatic heterocycles. The Balaban J connectivity index is 1.77. The van der Waals surface area contributed by atoms with Crippen molar-refractivity contribution in [3.05, 3.63) is 58.1 Å². The van der Waals surface area contributed by atoms with E-state index in [-0.39, 0.29) is 22.2 Å². The third-order valence-electron chi connectivity index (χ3n) is 5.96. The number of carbonyl (C=O) groups is 1. The molecule has 1 saturated heterocycles. The topological polar surface area (TPSA) is 92.9 Å². The number of benzene rings is 2. The van der Waals surface area contributed by atoms with Crippen LogP contribution in [0.5, 0.6) is 11.5 Å². The maximum atomic E-state index is 14.9. The Bertz CT molecular complexity index is 1240. The second kappa shape index (κ2) is 11.3. The van der Waals surface area contributed by atoms with E-state index >= 15 is 0 Å². The van der Waals surface area contributed by atoms with Gasteiger partial charge in [-0.1, -0.05) is 19.1 Å². The van der Waals surface area contributed by atoms with Gasteiger partial charge in [-0.05, 0) is 36.2 Å². The molecule has 1 amide bonds. The summed E-state index contributed by atoms with van der Waals surface area (Å²) in [5, 5.41) is 2.75. The second-order valence-corrected chi connectivity index (χ2v) is 8.29. The molecule has 1 fully saturated rings. The largest absolute Gasteiger partial charge is 0.497 e. The summed E-state index contributed by atoms with van der Waals surface area (Å²) in [5.41, 5.74) is 0.212. The standard InChI is InChI=1S/C26H30FN3O5/c1-3-14-35-20-9-8-19(27)22-23(20)29-24(26(32)28-10-11-30-12-15-34-16-13-30)21(25(22)31)17-4-6-18(33-2)7-5-17/h4-9H,3,10-16H2,1-2H3,(H,28,32)(H,29,31). The predicted molar refractivity (Wildman–Crippen MR) is 132 cm³/mol. The number of morpholine rings is 1. The van der Waals surface area contributed by atoms with Crippen molar-refractivity contribution in [3.8, 4) is 22.6 Å². The zero-order valence-corrected chi connectivity index (χ0v) is 20.0. The summed E-state index contributed by atoms with van der Waals surface area (Å²) in [6, 6.07) is 9.41. The van der Waals surface area contributed by atoms with Crippen LogP contribution >= 0.6 is 0 Å². The summed E-state index contributed by atoms with van der Waals surface area (Å²) in [4.78, 5) is 32.2. The molecule has 8 nitrogen and oxygen atoms in total. The molecule has 3 aromatic rings. The highest BCUT2D eigenvalue weighted by Crippen LogP contribution is 2.30. The first-order chi connectivity index (χ1) is 17.0. The molecule has 4 rings (SSSR count). The van der Waals surface area contributed by atoms with Gasteiger partial charge in [0.1, 0.15) is 23.0 Å². The van der Waals surface area contributed by atoms with Gasteiger partial charge in [0.05, 0.1) is 43.4 Å². The van der Waals surface area contributed by atoms with Crippen molar-refractivity contribution in [2.24, 2.45) is 0 Å². The Morgan fingerprint density at radius 2 is 1.91 bits per heavy atom. The number of halogens is 1. The average molecular weight is 484 g/mol. The number of fused-ring (bicyclic) bond motifs is 1. The molecule has 0 aliphatic carbocycles. The molecule has 2 N–H and O–H groups in total. The number of hydrogen-bond acceptors (Lipinski definition) is 6. The van der Waals surface area contributed by atoms with Crippen LogP contribution in [0, 0.1) is 5.82 Å². The number of rotatable bonds is 9. The van der Waals surface area contributed by atoms with Gasteiger partial charge in [0.2, 0.25) is 5.43 Å². The lowest BCUT2D eigenvalue weighted by molar-refractivity contribution is 0.0383. The molecule has 0 radical (unpaired) electrons. The van der Waals surface area contributed by atoms with Crippen LogP contribution < -0.4 is 20.2 Å². The van der Waals surface area contributed by atoms with Crippen molar-refractivity contribution >= 4 is 16.8 Å². The first kappa shape index (κ1) is 24.7. The molecular weight excluding hydrogens is 453 g/mol. The summed E-state index contributed by atoms with van der Waals surface area (Å²) in [7, 11) is 1.54. The molecular formula is C26H30FN3O5. The van der Waals surface area contributed by atoms with Crippen molar-refractivity contribution in [2.75, 3.05) is 53.1 Å². The Kier molecular flexibility index (Phi) is 7.99. The van der Waals surface area contributed by atoms with Gasteiger partial charge in [-0.3, -0.25) is 14.5 Å². The quantitative estimate of drug-likeness (QED) is 0.486. The van der Waals surface area contributed by atoms with Crippen LogP contribution in [-0.4, -0.2) is 68.9 Å². The van der Waals surface area contributed by atoms with Crippen molar-refractivity contribution in [1.29, 1.82) is 0 Å². The maximum absolute atomic E-state index is 14.9. The van der Waals surface area contributed by atoms with E-state index in [0.29, 0.717) is 50.0 Å². The van der Waals surface area contributed by atoms with E-state index in [1.165, 1.54) is 12.1 Å². The third kappa shape index (κ3) is 5.47. The highest BCUT2D eigenvalue weighted by atomic mass is 19.1. The highest BCUT2D eigenvalue weighted by molar-refractivity contribution is 6.03. The van der Waals surface area contributed by atoms with Crippen LogP contribution in [0.1, 0.15) is 23.8 Å². The van der Waals surface area contributed by atoms with Gasteiger partial charge in [-0.2, -0.15) is 0 Å². The SMILES string of the molecule is CCCOc1ccc(F)c2c(=O)c(-c3ccc(OC)cc3)c(C(=O)NCCN3CCOCC3)[nH]c12. The number of ether oxygens (including phenoxy) is 3. The van der Waals surface area contributed by atoms with E-state index in [1.807, 2.05) is 6.92 Å². The molecule has 0 atom stereocenters. The molecule has 9 heteroatoms. The molecule has 0 saturated carbocycles. The number of pyridine rings is 1. The number of nitrogens with zero attached hydrogens (tertiary/aromatic N) is 1. The van der Waals surface area contributed by atoms with Crippen molar-refractivity contribution < 1.29 is 23.4 Å². The third-order valence-corrected chi connectivity index (χ3v) is 5.96. The fourth-order valence-electron chi connectivity index (χ4n) is 4.11. The van der Waals surface area contributed by atoms with Crippen molar-refractivity contribution in [2.45, 2.75) is 13.3 Å². The minimum Gasteiger partial charge on any atom is -0.497 e. The van der Waals surface area contributed by atoms with Crippen molar-refractivity contribution in [1.82, 2.24) is 15.2 Å². The molecule has 2 heterocycles. The molecule has 1 aliphatic rings. The van der Waals surface area contributed by atoms with Crippen molar-refractivity contribution in [3.63, 3.8) is 0 Å². The number of aromatic amines is 1. The lowest BCUT2D eigenvalue weighted by Gasteiger charge is -2.26. The number of amides is 1. The summed E-state index contributed by atoms with van der Waals surface area (Å²) < 4.78 is 31.2. The summed E-state index contributed by atoms with van der Waals surface area (Å²) in [6.45, 7) is 6.33. The van der Waals surface area contributed by atoms with E-state index in [2.05, 4.69) is 15.2 Å².